The largest absolute Gasteiger partial charge is 0.321 e. The average Bonchev–Trinajstić information content (AvgIpc) is 3.19. The summed E-state index contributed by atoms with van der Waals surface area (Å²) in [5.41, 5.74) is 2.72. The average molecular weight is 449 g/mol. The highest BCUT2D eigenvalue weighted by atomic mass is 35.5. The third kappa shape index (κ3) is 3.43. The number of carbonyl (C=O) groups excluding carboxylic acids is 1. The van der Waals surface area contributed by atoms with Crippen LogP contribution in [-0.4, -0.2) is 10.9 Å². The van der Waals surface area contributed by atoms with Gasteiger partial charge in [0.15, 0.2) is 0 Å². The van der Waals surface area contributed by atoms with Crippen molar-refractivity contribution in [1.29, 1.82) is 0 Å². The molecular formula is C24H14Cl2N2OS. The number of para-hydroxylation sites is 1. The molecule has 30 heavy (non-hydrogen) atoms. The van der Waals surface area contributed by atoms with Gasteiger partial charge in [-0.25, -0.2) is 4.98 Å². The summed E-state index contributed by atoms with van der Waals surface area (Å²) in [6.07, 6.45) is 0. The Bertz CT molecular complexity index is 1390. The van der Waals surface area contributed by atoms with E-state index in [2.05, 4.69) is 10.3 Å². The number of benzene rings is 4. The number of hydrogen-bond acceptors (Lipinski definition) is 3. The Morgan fingerprint density at radius 1 is 0.867 bits per heavy atom. The Hall–Kier alpha value is -2.92. The first-order valence-corrected chi connectivity index (χ1v) is 10.8. The van der Waals surface area contributed by atoms with Crippen LogP contribution in [0.3, 0.4) is 0 Å². The molecule has 0 bridgehead atoms. The minimum Gasteiger partial charge on any atom is -0.321 e. The lowest BCUT2D eigenvalue weighted by molar-refractivity contribution is 0.102. The van der Waals surface area contributed by atoms with Crippen molar-refractivity contribution in [2.45, 2.75) is 0 Å². The SMILES string of the molecule is O=C(Nc1cc(-c2nc3ccccc3s2)c(Cl)cc1Cl)c1cccc2ccccc12. The maximum atomic E-state index is 13.0. The number of thiazole rings is 1. The Morgan fingerprint density at radius 2 is 1.63 bits per heavy atom. The van der Waals surface area contributed by atoms with Gasteiger partial charge in [-0.3, -0.25) is 4.79 Å². The smallest absolute Gasteiger partial charge is 0.256 e. The molecule has 6 heteroatoms. The number of nitrogens with one attached hydrogen (secondary N) is 1. The fraction of sp³-hybridized carbons (Fsp3) is 0. The van der Waals surface area contributed by atoms with Gasteiger partial charge in [-0.05, 0) is 41.1 Å². The van der Waals surface area contributed by atoms with Gasteiger partial charge in [0.25, 0.3) is 5.91 Å². The number of hydrogen-bond donors (Lipinski definition) is 1. The number of fused-ring (bicyclic) bond motifs is 2. The normalized spacial score (nSPS) is 11.1. The second kappa shape index (κ2) is 7.73. The summed E-state index contributed by atoms with van der Waals surface area (Å²) >= 11 is 14.4. The topological polar surface area (TPSA) is 42.0 Å². The van der Waals surface area contributed by atoms with Crippen molar-refractivity contribution in [3.05, 3.63) is 94.5 Å². The van der Waals surface area contributed by atoms with Gasteiger partial charge in [-0.15, -0.1) is 11.3 Å². The van der Waals surface area contributed by atoms with Gasteiger partial charge in [-0.1, -0.05) is 71.7 Å². The van der Waals surface area contributed by atoms with Crippen LogP contribution in [0, 0.1) is 0 Å². The molecule has 4 aromatic carbocycles. The maximum absolute atomic E-state index is 13.0. The molecule has 1 aromatic heterocycles. The highest BCUT2D eigenvalue weighted by Crippen LogP contribution is 2.39. The first-order valence-electron chi connectivity index (χ1n) is 9.24. The zero-order valence-electron chi connectivity index (χ0n) is 15.5. The lowest BCUT2D eigenvalue weighted by Gasteiger charge is -2.12. The monoisotopic (exact) mass is 448 g/mol. The molecule has 5 rings (SSSR count). The number of amides is 1. The quantitative estimate of drug-likeness (QED) is 0.307. The molecule has 0 aliphatic carbocycles. The Kier molecular flexibility index (Phi) is 4.91. The summed E-state index contributed by atoms with van der Waals surface area (Å²) in [7, 11) is 0. The molecule has 0 fully saturated rings. The van der Waals surface area contributed by atoms with Crippen LogP contribution >= 0.6 is 34.5 Å². The van der Waals surface area contributed by atoms with Gasteiger partial charge in [-0.2, -0.15) is 0 Å². The van der Waals surface area contributed by atoms with E-state index in [1.165, 1.54) is 0 Å². The van der Waals surface area contributed by atoms with E-state index < -0.39 is 0 Å². The van der Waals surface area contributed by atoms with E-state index in [0.29, 0.717) is 21.3 Å². The molecule has 0 aliphatic rings. The molecule has 1 amide bonds. The fourth-order valence-corrected chi connectivity index (χ4v) is 4.98. The third-order valence-electron chi connectivity index (χ3n) is 4.86. The molecule has 146 valence electrons. The van der Waals surface area contributed by atoms with E-state index in [1.54, 1.807) is 29.5 Å². The zero-order chi connectivity index (χ0) is 20.7. The van der Waals surface area contributed by atoms with Crippen molar-refractivity contribution >= 4 is 67.1 Å². The van der Waals surface area contributed by atoms with Crippen LogP contribution in [-0.2, 0) is 0 Å². The van der Waals surface area contributed by atoms with Gasteiger partial charge >= 0.3 is 0 Å². The van der Waals surface area contributed by atoms with Crippen LogP contribution < -0.4 is 5.32 Å². The molecule has 0 radical (unpaired) electrons. The molecule has 0 saturated heterocycles. The molecule has 0 aliphatic heterocycles. The van der Waals surface area contributed by atoms with Crippen LogP contribution in [0.25, 0.3) is 31.6 Å². The van der Waals surface area contributed by atoms with E-state index in [-0.39, 0.29) is 5.91 Å². The van der Waals surface area contributed by atoms with Crippen LogP contribution in [0.1, 0.15) is 10.4 Å². The molecule has 0 saturated carbocycles. The number of anilines is 1. The van der Waals surface area contributed by atoms with E-state index in [9.17, 15) is 4.79 Å². The minimum atomic E-state index is -0.230. The summed E-state index contributed by atoms with van der Waals surface area (Å²) in [5, 5.41) is 6.46. The molecule has 3 nitrogen and oxygen atoms in total. The summed E-state index contributed by atoms with van der Waals surface area (Å²) in [6, 6.07) is 24.8. The minimum absolute atomic E-state index is 0.230. The predicted molar refractivity (Wildman–Crippen MR) is 127 cm³/mol. The third-order valence-corrected chi connectivity index (χ3v) is 6.56. The maximum Gasteiger partial charge on any atom is 0.256 e. The highest BCUT2D eigenvalue weighted by Gasteiger charge is 2.16. The first kappa shape index (κ1) is 19.1. The Morgan fingerprint density at radius 3 is 2.50 bits per heavy atom. The van der Waals surface area contributed by atoms with E-state index >= 15 is 0 Å². The van der Waals surface area contributed by atoms with Crippen molar-refractivity contribution in [2.24, 2.45) is 0 Å². The van der Waals surface area contributed by atoms with Crippen molar-refractivity contribution in [3.63, 3.8) is 0 Å². The molecule has 1 heterocycles. The Balaban J connectivity index is 1.54. The van der Waals surface area contributed by atoms with Crippen molar-refractivity contribution in [1.82, 2.24) is 4.98 Å². The van der Waals surface area contributed by atoms with Gasteiger partial charge in [0.05, 0.1) is 25.9 Å². The summed E-state index contributed by atoms with van der Waals surface area (Å²) in [4.78, 5) is 17.7. The number of aromatic nitrogens is 1. The highest BCUT2D eigenvalue weighted by molar-refractivity contribution is 7.21. The van der Waals surface area contributed by atoms with E-state index in [4.69, 9.17) is 23.2 Å². The first-order chi connectivity index (χ1) is 14.6. The standard InChI is InChI=1S/C24H14Cl2N2OS/c25-18-13-19(26)21(12-17(18)24-28-20-10-3-4-11-22(20)30-24)27-23(29)16-9-5-7-14-6-1-2-8-15(14)16/h1-13H,(H,27,29). The van der Waals surface area contributed by atoms with Gasteiger partial charge in [0.1, 0.15) is 5.01 Å². The van der Waals surface area contributed by atoms with Crippen molar-refractivity contribution in [3.8, 4) is 10.6 Å². The van der Waals surface area contributed by atoms with Crippen LogP contribution in [0.4, 0.5) is 5.69 Å². The molecular weight excluding hydrogens is 435 g/mol. The van der Waals surface area contributed by atoms with Crippen molar-refractivity contribution in [2.75, 3.05) is 5.32 Å². The molecule has 1 N–H and O–H groups in total. The van der Waals surface area contributed by atoms with Gasteiger partial charge in [0.2, 0.25) is 0 Å². The van der Waals surface area contributed by atoms with Gasteiger partial charge in [0, 0.05) is 11.1 Å². The second-order valence-electron chi connectivity index (χ2n) is 6.78. The number of rotatable bonds is 3. The van der Waals surface area contributed by atoms with Crippen LogP contribution in [0.2, 0.25) is 10.0 Å². The van der Waals surface area contributed by atoms with Crippen LogP contribution in [0.5, 0.6) is 0 Å². The van der Waals surface area contributed by atoms with E-state index in [0.717, 1.165) is 31.6 Å². The number of nitrogens with zero attached hydrogens (tertiary/aromatic N) is 1. The summed E-state index contributed by atoms with van der Waals surface area (Å²) in [5.74, 6) is -0.230. The number of carbonyl (C=O) groups is 1. The van der Waals surface area contributed by atoms with Gasteiger partial charge < -0.3 is 5.32 Å². The fourth-order valence-electron chi connectivity index (χ4n) is 3.41. The lowest BCUT2D eigenvalue weighted by atomic mass is 10.0. The molecule has 5 aromatic rings. The van der Waals surface area contributed by atoms with Crippen molar-refractivity contribution < 1.29 is 4.79 Å². The zero-order valence-corrected chi connectivity index (χ0v) is 17.9. The molecule has 0 atom stereocenters. The summed E-state index contributed by atoms with van der Waals surface area (Å²) in [6.45, 7) is 0. The lowest BCUT2D eigenvalue weighted by Crippen LogP contribution is -2.12. The predicted octanol–water partition coefficient (Wildman–Crippen LogP) is 7.68. The second-order valence-corrected chi connectivity index (χ2v) is 8.62. The van der Waals surface area contributed by atoms with Crippen LogP contribution in [0.15, 0.2) is 78.9 Å². The van der Waals surface area contributed by atoms with E-state index in [1.807, 2.05) is 60.7 Å². The summed E-state index contributed by atoms with van der Waals surface area (Å²) < 4.78 is 1.07. The molecule has 0 spiro atoms. The molecule has 0 unspecified atom stereocenters. The Labute approximate surface area is 186 Å². The number of halogens is 2.